The minimum Gasteiger partial charge on any atom is -0.480 e. The number of nitrogens with zero attached hydrogens (tertiary/aromatic N) is 1. The summed E-state index contributed by atoms with van der Waals surface area (Å²) < 4.78 is 5.57. The summed E-state index contributed by atoms with van der Waals surface area (Å²) in [5.74, 6) is -2.07. The van der Waals surface area contributed by atoms with Crippen LogP contribution in [0.3, 0.4) is 0 Å². The van der Waals surface area contributed by atoms with E-state index in [1.165, 1.54) is 4.90 Å². The molecule has 3 N–H and O–H groups in total. The molecule has 5 rings (SSSR count). The quantitative estimate of drug-likeness (QED) is 0.588. The molecule has 0 aromatic heterocycles. The second-order valence-electron chi connectivity index (χ2n) is 9.04. The molecular formula is C26H26N2O6. The van der Waals surface area contributed by atoms with Crippen LogP contribution in [0, 0.1) is 5.92 Å². The Kier molecular flexibility index (Phi) is 5.83. The molecule has 2 aliphatic carbocycles. The van der Waals surface area contributed by atoms with E-state index in [0.29, 0.717) is 6.42 Å². The van der Waals surface area contributed by atoms with E-state index in [1.54, 1.807) is 12.2 Å². The first-order valence-electron chi connectivity index (χ1n) is 11.4. The monoisotopic (exact) mass is 462 g/mol. The van der Waals surface area contributed by atoms with Crippen LogP contribution in [0.4, 0.5) is 4.79 Å². The van der Waals surface area contributed by atoms with Crippen molar-refractivity contribution in [3.63, 3.8) is 0 Å². The number of ether oxygens (including phenoxy) is 1. The zero-order valence-electron chi connectivity index (χ0n) is 18.5. The third-order valence-electron chi connectivity index (χ3n) is 6.89. The van der Waals surface area contributed by atoms with Gasteiger partial charge in [0.1, 0.15) is 12.6 Å². The number of amides is 2. The van der Waals surface area contributed by atoms with Crippen molar-refractivity contribution in [3.8, 4) is 11.1 Å². The molecule has 4 atom stereocenters. The third-order valence-corrected chi connectivity index (χ3v) is 6.89. The number of rotatable bonds is 5. The van der Waals surface area contributed by atoms with Crippen LogP contribution in [0.25, 0.3) is 11.1 Å². The van der Waals surface area contributed by atoms with Gasteiger partial charge in [-0.1, -0.05) is 60.7 Å². The number of carbonyl (C=O) groups is 3. The van der Waals surface area contributed by atoms with E-state index in [2.05, 4.69) is 29.6 Å². The SMILES string of the molecule is O=C(NC1C=CC(C(=O)N2C[C@H](O)C[C@@H]2C(=O)O)C1)OCC1c2ccccc2-c2ccccc21. The number of alkyl carbamates (subject to hydrolysis) is 1. The number of likely N-dealkylation sites (tertiary alicyclic amines) is 1. The van der Waals surface area contributed by atoms with Crippen LogP contribution in [0.2, 0.25) is 0 Å². The summed E-state index contributed by atoms with van der Waals surface area (Å²) in [6, 6.07) is 14.8. The minimum atomic E-state index is -1.12. The van der Waals surface area contributed by atoms with Crippen molar-refractivity contribution in [1.82, 2.24) is 10.2 Å². The van der Waals surface area contributed by atoms with E-state index in [9.17, 15) is 24.6 Å². The fourth-order valence-electron chi connectivity index (χ4n) is 5.29. The normalized spacial score (nSPS) is 25.1. The third kappa shape index (κ3) is 4.05. The van der Waals surface area contributed by atoms with Gasteiger partial charge in [0.2, 0.25) is 5.91 Å². The molecule has 176 valence electrons. The number of hydrogen-bond acceptors (Lipinski definition) is 5. The van der Waals surface area contributed by atoms with Gasteiger partial charge in [0, 0.05) is 18.9 Å². The van der Waals surface area contributed by atoms with E-state index in [4.69, 9.17) is 4.74 Å². The van der Waals surface area contributed by atoms with Gasteiger partial charge in [0.25, 0.3) is 0 Å². The Balaban J connectivity index is 1.17. The Morgan fingerprint density at radius 1 is 0.971 bits per heavy atom. The van der Waals surface area contributed by atoms with Gasteiger partial charge in [-0.15, -0.1) is 0 Å². The molecule has 1 heterocycles. The smallest absolute Gasteiger partial charge is 0.407 e. The summed E-state index contributed by atoms with van der Waals surface area (Å²) in [5.41, 5.74) is 4.56. The number of nitrogens with one attached hydrogen (secondary N) is 1. The summed E-state index contributed by atoms with van der Waals surface area (Å²) in [6.07, 6.45) is 2.35. The molecule has 3 aliphatic rings. The number of hydrogen-bond donors (Lipinski definition) is 3. The first kappa shape index (κ1) is 22.2. The molecule has 1 fully saturated rings. The second kappa shape index (κ2) is 8.95. The van der Waals surface area contributed by atoms with Gasteiger partial charge in [0.15, 0.2) is 0 Å². The predicted octanol–water partition coefficient (Wildman–Crippen LogP) is 2.52. The van der Waals surface area contributed by atoms with Crippen LogP contribution in [0.1, 0.15) is 29.9 Å². The first-order chi connectivity index (χ1) is 16.4. The highest BCUT2D eigenvalue weighted by atomic mass is 16.5. The number of aliphatic carboxylic acids is 1. The molecule has 2 aromatic rings. The molecule has 8 heteroatoms. The van der Waals surface area contributed by atoms with Crippen LogP contribution in [0.5, 0.6) is 0 Å². The average Bonchev–Trinajstić information content (AvgIpc) is 3.53. The molecule has 34 heavy (non-hydrogen) atoms. The summed E-state index contributed by atoms with van der Waals surface area (Å²) in [5, 5.41) is 21.9. The Bertz CT molecular complexity index is 1120. The number of β-amino-alcohol motifs (C(OH)–C–C–N with tert-alkyl or cyclic N) is 1. The largest absolute Gasteiger partial charge is 0.480 e. The van der Waals surface area contributed by atoms with Crippen LogP contribution in [0.15, 0.2) is 60.7 Å². The van der Waals surface area contributed by atoms with Gasteiger partial charge in [-0.2, -0.15) is 0 Å². The molecule has 2 unspecified atom stereocenters. The molecule has 1 aliphatic heterocycles. The van der Waals surface area contributed by atoms with E-state index in [-0.39, 0.29) is 37.4 Å². The maximum atomic E-state index is 12.8. The van der Waals surface area contributed by atoms with Crippen LogP contribution in [-0.4, -0.2) is 64.4 Å². The van der Waals surface area contributed by atoms with Gasteiger partial charge in [-0.25, -0.2) is 9.59 Å². The number of carboxylic acid groups (broad SMARTS) is 1. The van der Waals surface area contributed by atoms with Crippen LogP contribution < -0.4 is 5.32 Å². The van der Waals surface area contributed by atoms with Crippen molar-refractivity contribution in [1.29, 1.82) is 0 Å². The fourth-order valence-corrected chi connectivity index (χ4v) is 5.29. The molecule has 1 saturated heterocycles. The van der Waals surface area contributed by atoms with Gasteiger partial charge in [0.05, 0.1) is 18.1 Å². The number of carbonyl (C=O) groups excluding carboxylic acids is 2. The van der Waals surface area contributed by atoms with E-state index >= 15 is 0 Å². The Morgan fingerprint density at radius 3 is 2.26 bits per heavy atom. The first-order valence-corrected chi connectivity index (χ1v) is 11.4. The highest BCUT2D eigenvalue weighted by Gasteiger charge is 2.42. The van der Waals surface area contributed by atoms with Gasteiger partial charge in [-0.05, 0) is 28.7 Å². The number of fused-ring (bicyclic) bond motifs is 3. The molecular weight excluding hydrogens is 436 g/mol. The van der Waals surface area contributed by atoms with Crippen LogP contribution in [-0.2, 0) is 14.3 Å². The van der Waals surface area contributed by atoms with E-state index < -0.39 is 30.1 Å². The van der Waals surface area contributed by atoms with Crippen molar-refractivity contribution >= 4 is 18.0 Å². The molecule has 0 radical (unpaired) electrons. The number of aliphatic hydroxyl groups is 1. The summed E-state index contributed by atoms with van der Waals surface area (Å²) in [6.45, 7) is 0.204. The van der Waals surface area contributed by atoms with Crippen molar-refractivity contribution < 1.29 is 29.3 Å². The lowest BCUT2D eigenvalue weighted by atomic mass is 9.98. The number of aliphatic hydroxyl groups excluding tert-OH is 1. The van der Waals surface area contributed by atoms with Gasteiger partial charge >= 0.3 is 12.1 Å². The lowest BCUT2D eigenvalue weighted by Gasteiger charge is -2.24. The van der Waals surface area contributed by atoms with Crippen molar-refractivity contribution in [3.05, 3.63) is 71.8 Å². The highest BCUT2D eigenvalue weighted by molar-refractivity contribution is 5.87. The topological polar surface area (TPSA) is 116 Å². The molecule has 2 amide bonds. The zero-order valence-corrected chi connectivity index (χ0v) is 18.5. The lowest BCUT2D eigenvalue weighted by Crippen LogP contribution is -2.44. The van der Waals surface area contributed by atoms with Crippen molar-refractivity contribution in [2.45, 2.75) is 36.9 Å². The molecule has 0 saturated carbocycles. The molecule has 0 bridgehead atoms. The van der Waals surface area contributed by atoms with E-state index in [0.717, 1.165) is 22.3 Å². The van der Waals surface area contributed by atoms with E-state index in [1.807, 2.05) is 24.3 Å². The minimum absolute atomic E-state index is 0.00458. The Hall–Kier alpha value is -3.65. The standard InChI is InChI=1S/C26H26N2O6/c29-17-12-23(25(31)32)28(13-17)24(30)15-9-10-16(11-15)27-26(33)34-14-22-20-7-3-1-5-18(20)19-6-2-4-8-21(19)22/h1-10,15-17,22-23,29H,11-14H2,(H,27,33)(H,31,32)/t15?,16?,17-,23-/m1/s1. The summed E-state index contributed by atoms with van der Waals surface area (Å²) in [4.78, 5) is 38.0. The summed E-state index contributed by atoms with van der Waals surface area (Å²) >= 11 is 0. The Labute approximate surface area is 196 Å². The Morgan fingerprint density at radius 2 is 1.62 bits per heavy atom. The second-order valence-corrected chi connectivity index (χ2v) is 9.04. The van der Waals surface area contributed by atoms with Crippen molar-refractivity contribution in [2.24, 2.45) is 5.92 Å². The summed E-state index contributed by atoms with van der Waals surface area (Å²) in [7, 11) is 0. The van der Waals surface area contributed by atoms with Gasteiger partial charge < -0.3 is 25.2 Å². The maximum absolute atomic E-state index is 12.8. The highest BCUT2D eigenvalue weighted by Crippen LogP contribution is 2.44. The number of carboxylic acids is 1. The predicted molar refractivity (Wildman–Crippen MR) is 123 cm³/mol. The average molecular weight is 463 g/mol. The molecule has 8 nitrogen and oxygen atoms in total. The molecule has 0 spiro atoms. The van der Waals surface area contributed by atoms with Crippen molar-refractivity contribution in [2.75, 3.05) is 13.2 Å². The lowest BCUT2D eigenvalue weighted by molar-refractivity contribution is -0.149. The van der Waals surface area contributed by atoms with Gasteiger partial charge in [-0.3, -0.25) is 4.79 Å². The fraction of sp³-hybridized carbons (Fsp3) is 0.346. The zero-order chi connectivity index (χ0) is 23.8. The molecule has 2 aromatic carbocycles. The van der Waals surface area contributed by atoms with Crippen LogP contribution >= 0.6 is 0 Å². The number of benzene rings is 2. The maximum Gasteiger partial charge on any atom is 0.407 e.